The van der Waals surface area contributed by atoms with Gasteiger partial charge >= 0.3 is 0 Å². The van der Waals surface area contributed by atoms with Gasteiger partial charge in [-0.25, -0.2) is 0 Å². The van der Waals surface area contributed by atoms with Crippen LogP contribution in [0.4, 0.5) is 0 Å². The number of aryl methyl sites for hydroxylation is 1. The molecule has 1 aromatic carbocycles. The molecule has 104 valence electrons. The van der Waals surface area contributed by atoms with Gasteiger partial charge in [-0.1, -0.05) is 43.7 Å². The highest BCUT2D eigenvalue weighted by atomic mass is 16.3. The molecule has 1 fully saturated rings. The van der Waals surface area contributed by atoms with Crippen LogP contribution in [0.15, 0.2) is 18.2 Å². The summed E-state index contributed by atoms with van der Waals surface area (Å²) in [6.07, 6.45) is 8.33. The van der Waals surface area contributed by atoms with Crippen LogP contribution in [-0.4, -0.2) is 17.1 Å². The number of carbonyl (C=O) groups is 1. The number of phenolic OH excluding ortho intramolecular Hbond substituents is 1. The lowest BCUT2D eigenvalue weighted by atomic mass is 9.96. The molecule has 3 heteroatoms. The Hall–Kier alpha value is -1.51. The van der Waals surface area contributed by atoms with E-state index >= 15 is 0 Å². The fourth-order valence-corrected chi connectivity index (χ4v) is 2.70. The second-order valence-corrected chi connectivity index (χ2v) is 5.54. The van der Waals surface area contributed by atoms with E-state index in [1.807, 2.05) is 13.0 Å². The maximum absolute atomic E-state index is 12.2. The Balaban J connectivity index is 2.00. The third kappa shape index (κ3) is 3.98. The van der Waals surface area contributed by atoms with Gasteiger partial charge in [0, 0.05) is 6.04 Å². The molecule has 0 radical (unpaired) electrons. The van der Waals surface area contributed by atoms with Crippen molar-refractivity contribution in [2.24, 2.45) is 0 Å². The van der Waals surface area contributed by atoms with E-state index in [-0.39, 0.29) is 17.7 Å². The number of carbonyl (C=O) groups excluding carboxylic acids is 1. The topological polar surface area (TPSA) is 49.3 Å². The number of amides is 1. The molecule has 19 heavy (non-hydrogen) atoms. The van der Waals surface area contributed by atoms with Gasteiger partial charge in [0.2, 0.25) is 0 Å². The number of benzene rings is 1. The molecule has 1 amide bonds. The average molecular weight is 261 g/mol. The monoisotopic (exact) mass is 261 g/mol. The van der Waals surface area contributed by atoms with Crippen molar-refractivity contribution in [1.82, 2.24) is 5.32 Å². The quantitative estimate of drug-likeness (QED) is 0.855. The van der Waals surface area contributed by atoms with Crippen LogP contribution in [0.1, 0.15) is 60.9 Å². The smallest absolute Gasteiger partial charge is 0.255 e. The van der Waals surface area contributed by atoms with Crippen LogP contribution in [0.5, 0.6) is 5.75 Å². The van der Waals surface area contributed by atoms with Gasteiger partial charge in [-0.15, -0.1) is 0 Å². The van der Waals surface area contributed by atoms with E-state index in [1.54, 1.807) is 12.1 Å². The van der Waals surface area contributed by atoms with Crippen LogP contribution in [-0.2, 0) is 0 Å². The van der Waals surface area contributed by atoms with Crippen LogP contribution in [0, 0.1) is 6.92 Å². The highest BCUT2D eigenvalue weighted by Crippen LogP contribution is 2.20. The summed E-state index contributed by atoms with van der Waals surface area (Å²) in [4.78, 5) is 12.2. The number of phenols is 1. The molecule has 0 spiro atoms. The molecule has 1 aliphatic carbocycles. The summed E-state index contributed by atoms with van der Waals surface area (Å²) in [6, 6.07) is 5.39. The Bertz CT molecular complexity index is 434. The lowest BCUT2D eigenvalue weighted by Crippen LogP contribution is -2.35. The highest BCUT2D eigenvalue weighted by molar-refractivity contribution is 5.97. The van der Waals surface area contributed by atoms with Crippen molar-refractivity contribution < 1.29 is 9.90 Å². The molecular weight excluding hydrogens is 238 g/mol. The molecule has 1 aromatic rings. The first-order chi connectivity index (χ1) is 9.16. The van der Waals surface area contributed by atoms with Crippen molar-refractivity contribution in [1.29, 1.82) is 0 Å². The lowest BCUT2D eigenvalue weighted by molar-refractivity contribution is 0.0927. The van der Waals surface area contributed by atoms with Gasteiger partial charge < -0.3 is 10.4 Å². The molecule has 1 aliphatic rings. The Labute approximate surface area is 115 Å². The Kier molecular flexibility index (Phi) is 4.83. The molecule has 2 rings (SSSR count). The molecule has 0 unspecified atom stereocenters. The van der Waals surface area contributed by atoms with Crippen LogP contribution in [0.2, 0.25) is 0 Å². The summed E-state index contributed by atoms with van der Waals surface area (Å²) >= 11 is 0. The number of hydrogen-bond donors (Lipinski definition) is 2. The van der Waals surface area contributed by atoms with Crippen molar-refractivity contribution in [2.45, 2.75) is 57.9 Å². The van der Waals surface area contributed by atoms with E-state index < -0.39 is 0 Å². The molecule has 0 aliphatic heterocycles. The van der Waals surface area contributed by atoms with Gasteiger partial charge in [-0.3, -0.25) is 4.79 Å². The fourth-order valence-electron chi connectivity index (χ4n) is 2.70. The van der Waals surface area contributed by atoms with E-state index in [9.17, 15) is 9.90 Å². The van der Waals surface area contributed by atoms with Crippen molar-refractivity contribution in [3.63, 3.8) is 0 Å². The fraction of sp³-hybridized carbons (Fsp3) is 0.562. The van der Waals surface area contributed by atoms with Crippen molar-refractivity contribution >= 4 is 5.91 Å². The minimum atomic E-state index is -0.147. The standard InChI is InChI=1S/C16H23NO2/c1-12-9-10-15(18)14(11-12)16(19)17-13-7-5-3-2-4-6-8-13/h9-11,13,18H,2-8H2,1H3,(H,17,19). The van der Waals surface area contributed by atoms with E-state index in [2.05, 4.69) is 5.32 Å². The Morgan fingerprint density at radius 2 is 1.79 bits per heavy atom. The third-order valence-electron chi connectivity index (χ3n) is 3.84. The summed E-state index contributed by atoms with van der Waals surface area (Å²) in [5.74, 6) is -0.0827. The third-order valence-corrected chi connectivity index (χ3v) is 3.84. The van der Waals surface area contributed by atoms with Gasteiger partial charge in [0.15, 0.2) is 0 Å². The minimum Gasteiger partial charge on any atom is -0.507 e. The molecule has 0 atom stereocenters. The number of rotatable bonds is 2. The van der Waals surface area contributed by atoms with E-state index in [0.717, 1.165) is 18.4 Å². The first kappa shape index (κ1) is 13.9. The molecule has 0 bridgehead atoms. The molecule has 2 N–H and O–H groups in total. The SMILES string of the molecule is Cc1ccc(O)c(C(=O)NC2CCCCCCC2)c1. The van der Waals surface area contributed by atoms with Crippen molar-refractivity contribution in [2.75, 3.05) is 0 Å². The van der Waals surface area contributed by atoms with Crippen molar-refractivity contribution in [3.05, 3.63) is 29.3 Å². The average Bonchev–Trinajstić information content (AvgIpc) is 2.35. The van der Waals surface area contributed by atoms with Crippen LogP contribution >= 0.6 is 0 Å². The first-order valence-corrected chi connectivity index (χ1v) is 7.27. The van der Waals surface area contributed by atoms with E-state index in [4.69, 9.17) is 0 Å². The van der Waals surface area contributed by atoms with Gasteiger partial charge in [-0.2, -0.15) is 0 Å². The maximum Gasteiger partial charge on any atom is 0.255 e. The van der Waals surface area contributed by atoms with Gasteiger partial charge in [0.05, 0.1) is 5.56 Å². The molecule has 1 saturated carbocycles. The number of aromatic hydroxyl groups is 1. The molecule has 0 saturated heterocycles. The Morgan fingerprint density at radius 3 is 2.47 bits per heavy atom. The predicted octanol–water partition coefficient (Wildman–Crippen LogP) is 3.54. The van der Waals surface area contributed by atoms with Crippen LogP contribution in [0.3, 0.4) is 0 Å². The zero-order chi connectivity index (χ0) is 13.7. The number of hydrogen-bond acceptors (Lipinski definition) is 2. The zero-order valence-corrected chi connectivity index (χ0v) is 11.6. The normalized spacial score (nSPS) is 17.5. The van der Waals surface area contributed by atoms with Gasteiger partial charge in [0.25, 0.3) is 5.91 Å². The molecule has 3 nitrogen and oxygen atoms in total. The summed E-state index contributed by atoms with van der Waals surface area (Å²) in [6.45, 7) is 1.92. The summed E-state index contributed by atoms with van der Waals surface area (Å²) in [5, 5.41) is 12.8. The first-order valence-electron chi connectivity index (χ1n) is 7.27. The summed E-state index contributed by atoms with van der Waals surface area (Å²) in [5.41, 5.74) is 1.38. The van der Waals surface area contributed by atoms with Gasteiger partial charge in [0.1, 0.15) is 5.75 Å². The summed E-state index contributed by atoms with van der Waals surface area (Å²) < 4.78 is 0. The summed E-state index contributed by atoms with van der Waals surface area (Å²) in [7, 11) is 0. The largest absolute Gasteiger partial charge is 0.507 e. The second kappa shape index (κ2) is 6.60. The predicted molar refractivity (Wildman–Crippen MR) is 76.4 cm³/mol. The highest BCUT2D eigenvalue weighted by Gasteiger charge is 2.17. The number of nitrogens with one attached hydrogen (secondary N) is 1. The van der Waals surface area contributed by atoms with Crippen LogP contribution in [0.25, 0.3) is 0 Å². The Morgan fingerprint density at radius 1 is 1.16 bits per heavy atom. The van der Waals surface area contributed by atoms with E-state index in [0.29, 0.717) is 5.56 Å². The maximum atomic E-state index is 12.2. The molecular formula is C16H23NO2. The zero-order valence-electron chi connectivity index (χ0n) is 11.6. The van der Waals surface area contributed by atoms with Crippen molar-refractivity contribution in [3.8, 4) is 5.75 Å². The minimum absolute atomic E-state index is 0.0638. The molecule has 0 aromatic heterocycles. The second-order valence-electron chi connectivity index (χ2n) is 5.54. The van der Waals surface area contributed by atoms with Gasteiger partial charge in [-0.05, 0) is 31.9 Å². The lowest BCUT2D eigenvalue weighted by Gasteiger charge is -2.21. The van der Waals surface area contributed by atoms with Crippen LogP contribution < -0.4 is 5.32 Å². The van der Waals surface area contributed by atoms with E-state index in [1.165, 1.54) is 32.1 Å². The molecule has 0 heterocycles.